The summed E-state index contributed by atoms with van der Waals surface area (Å²) in [6.45, 7) is 0.552. The van der Waals surface area contributed by atoms with Crippen LogP contribution in [0.4, 0.5) is 5.82 Å². The van der Waals surface area contributed by atoms with Gasteiger partial charge in [-0.1, -0.05) is 47.6 Å². The number of aromatic amines is 1. The molecule has 2 N–H and O–H groups in total. The van der Waals surface area contributed by atoms with E-state index < -0.39 is 0 Å². The minimum absolute atomic E-state index is 0.113. The molecule has 27 heavy (non-hydrogen) atoms. The van der Waals surface area contributed by atoms with Crippen molar-refractivity contribution < 1.29 is 4.79 Å². The van der Waals surface area contributed by atoms with Gasteiger partial charge in [0.2, 0.25) is 5.91 Å². The highest BCUT2D eigenvalue weighted by Gasteiger charge is 2.10. The fraction of sp³-hybridized carbons (Fsp3) is 0.105. The highest BCUT2D eigenvalue weighted by Crippen LogP contribution is 2.19. The Kier molecular flexibility index (Phi) is 5.13. The number of nitrogens with zero attached hydrogens (tertiary/aromatic N) is 3. The number of halogens is 1. The van der Waals surface area contributed by atoms with Gasteiger partial charge in [0, 0.05) is 11.1 Å². The van der Waals surface area contributed by atoms with E-state index >= 15 is 0 Å². The van der Waals surface area contributed by atoms with E-state index in [2.05, 4.69) is 20.4 Å². The molecule has 0 radical (unpaired) electrons. The van der Waals surface area contributed by atoms with Crippen molar-refractivity contribution in [3.05, 3.63) is 71.4 Å². The van der Waals surface area contributed by atoms with E-state index in [1.54, 1.807) is 16.9 Å². The molecule has 0 atom stereocenters. The highest BCUT2D eigenvalue weighted by molar-refractivity contribution is 7.99. The zero-order valence-corrected chi connectivity index (χ0v) is 15.8. The fourth-order valence-electron chi connectivity index (χ4n) is 2.64. The van der Waals surface area contributed by atoms with Gasteiger partial charge in [-0.25, -0.2) is 9.67 Å². The Morgan fingerprint density at radius 3 is 2.78 bits per heavy atom. The lowest BCUT2D eigenvalue weighted by molar-refractivity contribution is -0.113. The third-order valence-corrected chi connectivity index (χ3v) is 5.06. The van der Waals surface area contributed by atoms with Crippen molar-refractivity contribution in [2.75, 3.05) is 11.1 Å². The van der Waals surface area contributed by atoms with Crippen LogP contribution in [0.25, 0.3) is 11.0 Å². The van der Waals surface area contributed by atoms with Crippen LogP contribution in [0.5, 0.6) is 0 Å². The van der Waals surface area contributed by atoms with Crippen molar-refractivity contribution in [3.63, 3.8) is 0 Å². The maximum Gasteiger partial charge on any atom is 0.235 e. The van der Waals surface area contributed by atoms with Crippen LogP contribution >= 0.6 is 23.4 Å². The summed E-state index contributed by atoms with van der Waals surface area (Å²) in [7, 11) is 0. The summed E-state index contributed by atoms with van der Waals surface area (Å²) in [5.74, 6) is 0.796. The van der Waals surface area contributed by atoms with Crippen LogP contribution < -0.4 is 5.32 Å². The number of carbonyl (C=O) groups excluding carboxylic acids is 1. The molecule has 2 heterocycles. The molecule has 2 aromatic carbocycles. The minimum Gasteiger partial charge on any atom is -0.333 e. The lowest BCUT2D eigenvalue weighted by Crippen LogP contribution is -2.17. The molecule has 136 valence electrons. The number of para-hydroxylation sites is 2. The Morgan fingerprint density at radius 1 is 1.15 bits per heavy atom. The maximum absolute atomic E-state index is 12.3. The SMILES string of the molecule is O=C(CSc1nc2ccccc2[nH]1)Nc1ccnn1Cc1ccc(Cl)cc1. The smallest absolute Gasteiger partial charge is 0.235 e. The third-order valence-electron chi connectivity index (χ3n) is 3.94. The van der Waals surface area contributed by atoms with Crippen LogP contribution in [0, 0.1) is 0 Å². The zero-order chi connectivity index (χ0) is 18.6. The summed E-state index contributed by atoms with van der Waals surface area (Å²) in [5.41, 5.74) is 2.90. The van der Waals surface area contributed by atoms with Crippen molar-refractivity contribution in [3.8, 4) is 0 Å². The van der Waals surface area contributed by atoms with E-state index in [4.69, 9.17) is 11.6 Å². The van der Waals surface area contributed by atoms with Gasteiger partial charge in [0.25, 0.3) is 0 Å². The van der Waals surface area contributed by atoms with Gasteiger partial charge in [0.05, 0.1) is 29.5 Å². The van der Waals surface area contributed by atoms with Gasteiger partial charge in [-0.15, -0.1) is 0 Å². The van der Waals surface area contributed by atoms with Crippen LogP contribution in [-0.2, 0) is 11.3 Å². The normalized spacial score (nSPS) is 11.0. The van der Waals surface area contributed by atoms with E-state index in [0.717, 1.165) is 21.8 Å². The summed E-state index contributed by atoms with van der Waals surface area (Å²) in [6, 6.07) is 17.1. The molecular weight excluding hydrogens is 382 g/mol. The van der Waals surface area contributed by atoms with E-state index in [-0.39, 0.29) is 11.7 Å². The van der Waals surface area contributed by atoms with E-state index in [1.807, 2.05) is 48.5 Å². The molecule has 0 spiro atoms. The number of amides is 1. The number of anilines is 1. The molecule has 0 aliphatic rings. The largest absolute Gasteiger partial charge is 0.333 e. The molecule has 0 fully saturated rings. The molecule has 1 amide bonds. The first-order valence-electron chi connectivity index (χ1n) is 8.31. The molecule has 4 rings (SSSR count). The number of imidazole rings is 1. The number of rotatable bonds is 6. The van der Waals surface area contributed by atoms with Gasteiger partial charge < -0.3 is 10.3 Å². The predicted octanol–water partition coefficient (Wildman–Crippen LogP) is 4.19. The Bertz CT molecular complexity index is 1040. The molecule has 0 saturated heterocycles. The molecule has 0 saturated carbocycles. The van der Waals surface area contributed by atoms with Crippen molar-refractivity contribution in [1.82, 2.24) is 19.7 Å². The third kappa shape index (κ3) is 4.32. The summed E-state index contributed by atoms with van der Waals surface area (Å²) < 4.78 is 1.74. The number of aromatic nitrogens is 4. The average Bonchev–Trinajstić information content (AvgIpc) is 3.28. The summed E-state index contributed by atoms with van der Waals surface area (Å²) >= 11 is 7.28. The van der Waals surface area contributed by atoms with Gasteiger partial charge >= 0.3 is 0 Å². The first kappa shape index (κ1) is 17.6. The van der Waals surface area contributed by atoms with E-state index in [0.29, 0.717) is 17.4 Å². The number of carbonyl (C=O) groups is 1. The molecule has 6 nitrogen and oxygen atoms in total. The lowest BCUT2D eigenvalue weighted by Gasteiger charge is -2.09. The maximum atomic E-state index is 12.3. The van der Waals surface area contributed by atoms with E-state index in [9.17, 15) is 4.79 Å². The standard InChI is InChI=1S/C19H16ClN5OS/c20-14-7-5-13(6-8-14)11-25-17(9-10-21-25)24-18(26)12-27-19-22-15-3-1-2-4-16(15)23-19/h1-10H,11-12H2,(H,22,23)(H,24,26). The summed E-state index contributed by atoms with van der Waals surface area (Å²) in [6.07, 6.45) is 1.66. The second-order valence-electron chi connectivity index (χ2n) is 5.90. The lowest BCUT2D eigenvalue weighted by atomic mass is 10.2. The monoisotopic (exact) mass is 397 g/mol. The van der Waals surface area contributed by atoms with Crippen LogP contribution in [0.15, 0.2) is 66.0 Å². The number of hydrogen-bond donors (Lipinski definition) is 2. The summed E-state index contributed by atoms with van der Waals surface area (Å²) in [5, 5.41) is 8.59. The number of fused-ring (bicyclic) bond motifs is 1. The molecule has 0 aliphatic heterocycles. The number of H-pyrrole nitrogens is 1. The number of hydrogen-bond acceptors (Lipinski definition) is 4. The predicted molar refractivity (Wildman–Crippen MR) is 108 cm³/mol. The first-order chi connectivity index (χ1) is 13.2. The zero-order valence-electron chi connectivity index (χ0n) is 14.2. The molecular formula is C19H16ClN5OS. The topological polar surface area (TPSA) is 75.6 Å². The van der Waals surface area contributed by atoms with Crippen LogP contribution in [-0.4, -0.2) is 31.4 Å². The van der Waals surface area contributed by atoms with Crippen molar-refractivity contribution in [1.29, 1.82) is 0 Å². The van der Waals surface area contributed by atoms with Gasteiger partial charge in [-0.3, -0.25) is 4.79 Å². The molecule has 4 aromatic rings. The van der Waals surface area contributed by atoms with Gasteiger partial charge in [-0.2, -0.15) is 5.10 Å². The molecule has 8 heteroatoms. The van der Waals surface area contributed by atoms with Crippen LogP contribution in [0.2, 0.25) is 5.02 Å². The van der Waals surface area contributed by atoms with Gasteiger partial charge in [0.15, 0.2) is 5.16 Å². The van der Waals surface area contributed by atoms with Crippen molar-refractivity contribution in [2.24, 2.45) is 0 Å². The Balaban J connectivity index is 1.37. The Morgan fingerprint density at radius 2 is 1.96 bits per heavy atom. The molecule has 2 aromatic heterocycles. The number of nitrogens with one attached hydrogen (secondary N) is 2. The molecule has 0 bridgehead atoms. The quantitative estimate of drug-likeness (QED) is 0.478. The molecule has 0 unspecified atom stereocenters. The second-order valence-corrected chi connectivity index (χ2v) is 7.30. The highest BCUT2D eigenvalue weighted by atomic mass is 35.5. The Labute approximate surface area is 164 Å². The minimum atomic E-state index is -0.113. The van der Waals surface area contributed by atoms with Gasteiger partial charge in [-0.05, 0) is 29.8 Å². The first-order valence-corrected chi connectivity index (χ1v) is 9.67. The number of thioether (sulfide) groups is 1. The average molecular weight is 398 g/mol. The summed E-state index contributed by atoms with van der Waals surface area (Å²) in [4.78, 5) is 20.0. The molecule has 0 aliphatic carbocycles. The van der Waals surface area contributed by atoms with Crippen LogP contribution in [0.3, 0.4) is 0 Å². The van der Waals surface area contributed by atoms with Crippen LogP contribution in [0.1, 0.15) is 5.56 Å². The number of benzene rings is 2. The van der Waals surface area contributed by atoms with Crippen molar-refractivity contribution in [2.45, 2.75) is 11.7 Å². The van der Waals surface area contributed by atoms with E-state index in [1.165, 1.54) is 11.8 Å². The van der Waals surface area contributed by atoms with Crippen molar-refractivity contribution >= 4 is 46.1 Å². The second kappa shape index (κ2) is 7.85. The Hall–Kier alpha value is -2.77. The van der Waals surface area contributed by atoms with Gasteiger partial charge in [0.1, 0.15) is 5.82 Å². The fourth-order valence-corrected chi connectivity index (χ4v) is 3.45.